The molecule has 76 valence electrons. The van der Waals surface area contributed by atoms with Crippen LogP contribution in [0.15, 0.2) is 18.2 Å². The molecule has 1 aliphatic rings. The summed E-state index contributed by atoms with van der Waals surface area (Å²) in [5, 5.41) is 28.6. The van der Waals surface area contributed by atoms with Gasteiger partial charge in [0, 0.05) is 11.0 Å². The highest BCUT2D eigenvalue weighted by Gasteiger charge is 2.50. The van der Waals surface area contributed by atoms with E-state index in [0.29, 0.717) is 5.56 Å². The molecule has 0 spiro atoms. The van der Waals surface area contributed by atoms with E-state index in [1.54, 1.807) is 19.1 Å². The Bertz CT molecular complexity index is 354. The second-order valence-electron chi connectivity index (χ2n) is 4.01. The van der Waals surface area contributed by atoms with Gasteiger partial charge in [0.2, 0.25) is 0 Å². The number of aromatic hydroxyl groups is 2. The lowest BCUT2D eigenvalue weighted by Crippen LogP contribution is -2.22. The molecule has 1 aromatic carbocycles. The monoisotopic (exact) mass is 194 g/mol. The lowest BCUT2D eigenvalue weighted by Gasteiger charge is -2.20. The molecule has 1 unspecified atom stereocenters. The molecule has 1 aromatic rings. The number of aliphatic hydroxyl groups excluding tert-OH is 1. The largest absolute Gasteiger partial charge is 0.504 e. The predicted octanol–water partition coefficient (Wildman–Crippen LogP) is 1.51. The Morgan fingerprint density at radius 2 is 1.93 bits per heavy atom. The molecule has 1 saturated carbocycles. The van der Waals surface area contributed by atoms with Gasteiger partial charge in [-0.25, -0.2) is 0 Å². The summed E-state index contributed by atoms with van der Waals surface area (Å²) in [4.78, 5) is 0. The average molecular weight is 194 g/mol. The summed E-state index contributed by atoms with van der Waals surface area (Å²) < 4.78 is 0. The van der Waals surface area contributed by atoms with Crippen LogP contribution in [0.2, 0.25) is 0 Å². The fourth-order valence-corrected chi connectivity index (χ4v) is 1.98. The summed E-state index contributed by atoms with van der Waals surface area (Å²) in [6, 6.07) is 4.89. The Kier molecular flexibility index (Phi) is 1.93. The zero-order valence-electron chi connectivity index (χ0n) is 8.07. The van der Waals surface area contributed by atoms with E-state index in [0.717, 1.165) is 12.8 Å². The fraction of sp³-hybridized carbons (Fsp3) is 0.455. The highest BCUT2D eigenvalue weighted by atomic mass is 16.3. The maximum Gasteiger partial charge on any atom is 0.161 e. The first-order chi connectivity index (χ1) is 6.58. The van der Waals surface area contributed by atoms with Gasteiger partial charge in [-0.2, -0.15) is 0 Å². The molecule has 0 saturated heterocycles. The molecule has 0 aliphatic heterocycles. The normalized spacial score (nSPS) is 20.4. The van der Waals surface area contributed by atoms with Gasteiger partial charge in [0.1, 0.15) is 0 Å². The number of hydrogen-bond donors (Lipinski definition) is 3. The molecule has 1 aliphatic carbocycles. The Morgan fingerprint density at radius 1 is 1.29 bits per heavy atom. The molecule has 3 nitrogen and oxygen atoms in total. The Labute approximate surface area is 82.6 Å². The van der Waals surface area contributed by atoms with Crippen LogP contribution in [-0.4, -0.2) is 21.4 Å². The maximum atomic E-state index is 9.66. The fourth-order valence-electron chi connectivity index (χ4n) is 1.98. The van der Waals surface area contributed by atoms with Gasteiger partial charge in [0.05, 0.1) is 6.10 Å². The second kappa shape index (κ2) is 2.89. The quantitative estimate of drug-likeness (QED) is 0.625. The van der Waals surface area contributed by atoms with Gasteiger partial charge in [-0.3, -0.25) is 0 Å². The molecule has 0 bridgehead atoms. The van der Waals surface area contributed by atoms with Gasteiger partial charge in [0.15, 0.2) is 11.5 Å². The predicted molar refractivity (Wildman–Crippen MR) is 52.4 cm³/mol. The van der Waals surface area contributed by atoms with Crippen molar-refractivity contribution in [3.8, 4) is 11.5 Å². The minimum atomic E-state index is -0.491. The first-order valence-corrected chi connectivity index (χ1v) is 4.77. The van der Waals surface area contributed by atoms with Gasteiger partial charge >= 0.3 is 0 Å². The Balaban J connectivity index is 2.47. The SMILES string of the molecule is CC(O)C1(c2cccc(O)c2O)CC1. The zero-order chi connectivity index (χ0) is 10.3. The van der Waals surface area contributed by atoms with Crippen LogP contribution in [0.4, 0.5) is 0 Å². The third kappa shape index (κ3) is 1.16. The lowest BCUT2D eigenvalue weighted by atomic mass is 9.90. The summed E-state index contributed by atoms with van der Waals surface area (Å²) in [7, 11) is 0. The van der Waals surface area contributed by atoms with Crippen molar-refractivity contribution in [2.75, 3.05) is 0 Å². The molecule has 0 aromatic heterocycles. The molecule has 0 amide bonds. The third-order valence-corrected chi connectivity index (χ3v) is 3.14. The molecule has 1 fully saturated rings. The van der Waals surface area contributed by atoms with Crippen molar-refractivity contribution in [1.82, 2.24) is 0 Å². The molecule has 0 heterocycles. The minimum Gasteiger partial charge on any atom is -0.504 e. The van der Waals surface area contributed by atoms with Crippen molar-refractivity contribution < 1.29 is 15.3 Å². The van der Waals surface area contributed by atoms with E-state index in [1.807, 2.05) is 0 Å². The van der Waals surface area contributed by atoms with E-state index in [9.17, 15) is 15.3 Å². The molecule has 3 N–H and O–H groups in total. The number of phenols is 2. The van der Waals surface area contributed by atoms with Crippen molar-refractivity contribution >= 4 is 0 Å². The number of phenolic OH excluding ortho intramolecular Hbond substituents is 2. The highest BCUT2D eigenvalue weighted by molar-refractivity contribution is 5.51. The van der Waals surface area contributed by atoms with Gasteiger partial charge in [-0.15, -0.1) is 0 Å². The van der Waals surface area contributed by atoms with E-state index >= 15 is 0 Å². The molecule has 14 heavy (non-hydrogen) atoms. The number of aliphatic hydroxyl groups is 1. The van der Waals surface area contributed by atoms with E-state index in [2.05, 4.69) is 0 Å². The molecular weight excluding hydrogens is 180 g/mol. The van der Waals surface area contributed by atoms with Crippen LogP contribution in [-0.2, 0) is 5.41 Å². The van der Waals surface area contributed by atoms with Gasteiger partial charge < -0.3 is 15.3 Å². The standard InChI is InChI=1S/C11H14O3/c1-7(12)11(5-6-11)8-3-2-4-9(13)10(8)14/h2-4,7,12-14H,5-6H2,1H3. The van der Waals surface area contributed by atoms with E-state index < -0.39 is 6.10 Å². The average Bonchev–Trinajstić information content (AvgIpc) is 2.90. The molecule has 0 radical (unpaired) electrons. The third-order valence-electron chi connectivity index (χ3n) is 3.14. The first-order valence-electron chi connectivity index (χ1n) is 4.77. The molecular formula is C11H14O3. The maximum absolute atomic E-state index is 9.66. The minimum absolute atomic E-state index is 0.0918. The summed E-state index contributed by atoms with van der Waals surface area (Å²) >= 11 is 0. The number of rotatable bonds is 2. The van der Waals surface area contributed by atoms with Crippen LogP contribution in [0.3, 0.4) is 0 Å². The van der Waals surface area contributed by atoms with E-state index in [-0.39, 0.29) is 16.9 Å². The van der Waals surface area contributed by atoms with E-state index in [1.165, 1.54) is 6.07 Å². The topological polar surface area (TPSA) is 60.7 Å². The van der Waals surface area contributed by atoms with Gasteiger partial charge in [0.25, 0.3) is 0 Å². The summed E-state index contributed by atoms with van der Waals surface area (Å²) in [5.74, 6) is -0.208. The zero-order valence-corrected chi connectivity index (χ0v) is 8.07. The highest BCUT2D eigenvalue weighted by Crippen LogP contribution is 2.54. The van der Waals surface area contributed by atoms with Crippen LogP contribution in [0.5, 0.6) is 11.5 Å². The first kappa shape index (κ1) is 9.34. The van der Waals surface area contributed by atoms with Gasteiger partial charge in [-0.1, -0.05) is 12.1 Å². The Morgan fingerprint density at radius 3 is 2.43 bits per heavy atom. The van der Waals surface area contributed by atoms with Gasteiger partial charge in [-0.05, 0) is 25.8 Å². The smallest absolute Gasteiger partial charge is 0.161 e. The molecule has 2 rings (SSSR count). The summed E-state index contributed by atoms with van der Waals surface area (Å²) in [6.07, 6.45) is 1.23. The van der Waals surface area contributed by atoms with Crippen molar-refractivity contribution in [3.63, 3.8) is 0 Å². The Hall–Kier alpha value is -1.22. The van der Waals surface area contributed by atoms with Crippen LogP contribution in [0.1, 0.15) is 25.3 Å². The van der Waals surface area contributed by atoms with Crippen LogP contribution in [0, 0.1) is 0 Å². The van der Waals surface area contributed by atoms with Crippen molar-refractivity contribution in [1.29, 1.82) is 0 Å². The molecule has 1 atom stereocenters. The molecule has 3 heteroatoms. The number of para-hydroxylation sites is 1. The van der Waals surface area contributed by atoms with E-state index in [4.69, 9.17) is 0 Å². The van der Waals surface area contributed by atoms with Crippen molar-refractivity contribution in [2.45, 2.75) is 31.3 Å². The lowest BCUT2D eigenvalue weighted by molar-refractivity contribution is 0.149. The number of hydrogen-bond acceptors (Lipinski definition) is 3. The van der Waals surface area contributed by atoms with Crippen molar-refractivity contribution in [3.05, 3.63) is 23.8 Å². The van der Waals surface area contributed by atoms with Crippen LogP contribution < -0.4 is 0 Å². The van der Waals surface area contributed by atoms with Crippen LogP contribution in [0.25, 0.3) is 0 Å². The second-order valence-corrected chi connectivity index (χ2v) is 4.01. The summed E-state index contributed by atoms with van der Waals surface area (Å²) in [6.45, 7) is 1.72. The van der Waals surface area contributed by atoms with Crippen LogP contribution >= 0.6 is 0 Å². The number of benzene rings is 1. The van der Waals surface area contributed by atoms with Crippen molar-refractivity contribution in [2.24, 2.45) is 0 Å². The summed E-state index contributed by atoms with van der Waals surface area (Å²) in [5.41, 5.74) is 0.329.